The van der Waals surface area contributed by atoms with E-state index >= 15 is 0 Å². The fourth-order valence-corrected chi connectivity index (χ4v) is 2.67. The van der Waals surface area contributed by atoms with Crippen LogP contribution in [0.5, 0.6) is 0 Å². The summed E-state index contributed by atoms with van der Waals surface area (Å²) in [5, 5.41) is 15.1. The Bertz CT molecular complexity index is 542. The van der Waals surface area contributed by atoms with Crippen LogP contribution in [-0.4, -0.2) is 22.6 Å². The molecule has 0 radical (unpaired) electrons. The smallest absolute Gasteiger partial charge is 0.329 e. The maximum atomic E-state index is 12.0. The van der Waals surface area contributed by atoms with Gasteiger partial charge < -0.3 is 15.7 Å². The van der Waals surface area contributed by atoms with Gasteiger partial charge in [-0.25, -0.2) is 9.59 Å². The fourth-order valence-electron chi connectivity index (χ4n) is 2.34. The summed E-state index contributed by atoms with van der Waals surface area (Å²) in [6, 6.07) is 4.06. The molecule has 0 bridgehead atoms. The van der Waals surface area contributed by atoms with Gasteiger partial charge in [-0.2, -0.15) is 0 Å². The highest BCUT2D eigenvalue weighted by Gasteiger charge is 2.42. The molecule has 2 rings (SSSR count). The molecule has 2 amide bonds. The number of anilines is 1. The third-order valence-corrected chi connectivity index (χ3v) is 3.96. The van der Waals surface area contributed by atoms with Crippen molar-refractivity contribution in [1.29, 1.82) is 0 Å². The van der Waals surface area contributed by atoms with Crippen molar-refractivity contribution >= 4 is 40.9 Å². The summed E-state index contributed by atoms with van der Waals surface area (Å²) in [5.41, 5.74) is -0.843. The molecule has 1 aromatic carbocycles. The van der Waals surface area contributed by atoms with E-state index in [1.807, 2.05) is 0 Å². The number of halogens is 2. The minimum Gasteiger partial charge on any atom is -0.480 e. The lowest BCUT2D eigenvalue weighted by Gasteiger charge is -2.25. The largest absolute Gasteiger partial charge is 0.480 e. The number of urea groups is 1. The third kappa shape index (κ3) is 3.16. The summed E-state index contributed by atoms with van der Waals surface area (Å²) in [6.07, 6.45) is 2.42. The Labute approximate surface area is 126 Å². The molecule has 7 heteroatoms. The predicted molar refractivity (Wildman–Crippen MR) is 77.5 cm³/mol. The lowest BCUT2D eigenvalue weighted by atomic mass is 9.98. The molecular weight excluding hydrogens is 303 g/mol. The molecule has 0 saturated heterocycles. The number of carboxylic acids is 1. The molecule has 0 spiro atoms. The minimum atomic E-state index is -1.19. The number of carboxylic acid groups (broad SMARTS) is 1. The normalized spacial score (nSPS) is 16.7. The maximum absolute atomic E-state index is 12.0. The van der Waals surface area contributed by atoms with E-state index in [0.717, 1.165) is 12.8 Å². The van der Waals surface area contributed by atoms with Gasteiger partial charge in [0.1, 0.15) is 5.54 Å². The Kier molecular flexibility index (Phi) is 4.40. The standard InChI is InChI=1S/C13H14Cl2N2O3/c14-8-3-4-9(15)10(7-8)16-12(20)17-13(11(18)19)5-1-2-6-13/h3-4,7H,1-2,5-6H2,(H,18,19)(H2,16,17,20). The zero-order chi connectivity index (χ0) is 14.8. The Hall–Kier alpha value is -1.46. The number of hydrogen-bond donors (Lipinski definition) is 3. The average Bonchev–Trinajstić information content (AvgIpc) is 2.83. The van der Waals surface area contributed by atoms with Crippen LogP contribution < -0.4 is 10.6 Å². The average molecular weight is 317 g/mol. The van der Waals surface area contributed by atoms with E-state index in [1.165, 1.54) is 6.07 Å². The van der Waals surface area contributed by atoms with Crippen LogP contribution in [-0.2, 0) is 4.79 Å². The molecule has 1 fully saturated rings. The first kappa shape index (κ1) is 14.9. The number of carbonyl (C=O) groups is 2. The van der Waals surface area contributed by atoms with Crippen molar-refractivity contribution < 1.29 is 14.7 Å². The molecule has 1 aromatic rings. The molecule has 5 nitrogen and oxygen atoms in total. The summed E-state index contributed by atoms with van der Waals surface area (Å²) < 4.78 is 0. The predicted octanol–water partition coefficient (Wildman–Crippen LogP) is 3.51. The molecular formula is C13H14Cl2N2O3. The van der Waals surface area contributed by atoms with E-state index in [2.05, 4.69) is 10.6 Å². The van der Waals surface area contributed by atoms with Crippen molar-refractivity contribution in [1.82, 2.24) is 5.32 Å². The molecule has 0 aromatic heterocycles. The van der Waals surface area contributed by atoms with Gasteiger partial charge >= 0.3 is 12.0 Å². The van der Waals surface area contributed by atoms with Crippen molar-refractivity contribution in [3.8, 4) is 0 Å². The molecule has 1 saturated carbocycles. The first-order valence-electron chi connectivity index (χ1n) is 6.20. The molecule has 0 unspecified atom stereocenters. The van der Waals surface area contributed by atoms with Crippen molar-refractivity contribution in [2.45, 2.75) is 31.2 Å². The third-order valence-electron chi connectivity index (χ3n) is 3.40. The Balaban J connectivity index is 2.08. The van der Waals surface area contributed by atoms with Gasteiger partial charge in [-0.1, -0.05) is 36.0 Å². The van der Waals surface area contributed by atoms with E-state index < -0.39 is 17.5 Å². The topological polar surface area (TPSA) is 78.4 Å². The number of benzene rings is 1. The Morgan fingerprint density at radius 2 is 1.85 bits per heavy atom. The van der Waals surface area contributed by atoms with Gasteiger partial charge in [0.15, 0.2) is 0 Å². The summed E-state index contributed by atoms with van der Waals surface area (Å²) in [5.74, 6) is -1.01. The molecule has 3 N–H and O–H groups in total. The van der Waals surface area contributed by atoms with Crippen LogP contribution in [0.2, 0.25) is 10.0 Å². The van der Waals surface area contributed by atoms with Gasteiger partial charge in [0.2, 0.25) is 0 Å². The van der Waals surface area contributed by atoms with E-state index in [9.17, 15) is 14.7 Å². The zero-order valence-corrected chi connectivity index (χ0v) is 12.1. The highest BCUT2D eigenvalue weighted by Crippen LogP contribution is 2.30. The second kappa shape index (κ2) is 5.89. The number of hydrogen-bond acceptors (Lipinski definition) is 2. The fraction of sp³-hybridized carbons (Fsp3) is 0.385. The highest BCUT2D eigenvalue weighted by atomic mass is 35.5. The lowest BCUT2D eigenvalue weighted by molar-refractivity contribution is -0.144. The van der Waals surface area contributed by atoms with E-state index in [4.69, 9.17) is 23.2 Å². The zero-order valence-electron chi connectivity index (χ0n) is 10.6. The van der Waals surface area contributed by atoms with Crippen LogP contribution in [0.15, 0.2) is 18.2 Å². The van der Waals surface area contributed by atoms with Crippen molar-refractivity contribution in [2.24, 2.45) is 0 Å². The van der Waals surface area contributed by atoms with Crippen molar-refractivity contribution in [3.05, 3.63) is 28.2 Å². The maximum Gasteiger partial charge on any atom is 0.329 e. The van der Waals surface area contributed by atoms with Crippen LogP contribution in [0.1, 0.15) is 25.7 Å². The van der Waals surface area contributed by atoms with Crippen molar-refractivity contribution in [2.75, 3.05) is 5.32 Å². The number of carbonyl (C=O) groups excluding carboxylic acids is 1. The Morgan fingerprint density at radius 3 is 2.45 bits per heavy atom. The molecule has 1 aliphatic rings. The monoisotopic (exact) mass is 316 g/mol. The molecule has 20 heavy (non-hydrogen) atoms. The van der Waals surface area contributed by atoms with Crippen LogP contribution in [0, 0.1) is 0 Å². The van der Waals surface area contributed by atoms with Crippen LogP contribution >= 0.6 is 23.2 Å². The van der Waals surface area contributed by atoms with Gasteiger partial charge in [0, 0.05) is 5.02 Å². The molecule has 0 atom stereocenters. The second-order valence-electron chi connectivity index (χ2n) is 4.80. The molecule has 1 aliphatic carbocycles. The highest BCUT2D eigenvalue weighted by molar-refractivity contribution is 6.35. The summed E-state index contributed by atoms with van der Waals surface area (Å²) in [4.78, 5) is 23.3. The van der Waals surface area contributed by atoms with E-state index in [1.54, 1.807) is 12.1 Å². The number of nitrogens with one attached hydrogen (secondary N) is 2. The van der Waals surface area contributed by atoms with E-state index in [0.29, 0.717) is 28.6 Å². The number of amides is 2. The number of rotatable bonds is 3. The molecule has 0 heterocycles. The molecule has 0 aliphatic heterocycles. The summed E-state index contributed by atoms with van der Waals surface area (Å²) in [7, 11) is 0. The van der Waals surface area contributed by atoms with Crippen LogP contribution in [0.25, 0.3) is 0 Å². The molecule has 108 valence electrons. The van der Waals surface area contributed by atoms with Gasteiger partial charge in [-0.3, -0.25) is 0 Å². The lowest BCUT2D eigenvalue weighted by Crippen LogP contribution is -2.53. The second-order valence-corrected chi connectivity index (χ2v) is 5.64. The van der Waals surface area contributed by atoms with Crippen molar-refractivity contribution in [3.63, 3.8) is 0 Å². The van der Waals surface area contributed by atoms with Crippen LogP contribution in [0.4, 0.5) is 10.5 Å². The van der Waals surface area contributed by atoms with E-state index in [-0.39, 0.29) is 0 Å². The first-order chi connectivity index (χ1) is 9.43. The van der Waals surface area contributed by atoms with Gasteiger partial charge in [-0.15, -0.1) is 0 Å². The van der Waals surface area contributed by atoms with Gasteiger partial charge in [-0.05, 0) is 31.0 Å². The van der Waals surface area contributed by atoms with Crippen LogP contribution in [0.3, 0.4) is 0 Å². The summed E-state index contributed by atoms with van der Waals surface area (Å²) in [6.45, 7) is 0. The minimum absolute atomic E-state index is 0.334. The summed E-state index contributed by atoms with van der Waals surface area (Å²) >= 11 is 11.8. The number of aliphatic carboxylic acids is 1. The van der Waals surface area contributed by atoms with Gasteiger partial charge in [0.25, 0.3) is 0 Å². The quantitative estimate of drug-likeness (QED) is 0.798. The first-order valence-corrected chi connectivity index (χ1v) is 6.96. The van der Waals surface area contributed by atoms with Gasteiger partial charge in [0.05, 0.1) is 10.7 Å². The SMILES string of the molecule is O=C(Nc1cc(Cl)ccc1Cl)NC1(C(=O)O)CCCC1. The Morgan fingerprint density at radius 1 is 1.20 bits per heavy atom.